The molecule has 1 saturated carbocycles. The Balaban J connectivity index is 1.45. The van der Waals surface area contributed by atoms with Crippen molar-refractivity contribution in [2.24, 2.45) is 0 Å². The molecule has 0 aliphatic heterocycles. The minimum absolute atomic E-state index is 0.151. The molecule has 0 bridgehead atoms. The fourth-order valence-corrected chi connectivity index (χ4v) is 3.90. The van der Waals surface area contributed by atoms with Gasteiger partial charge in [0.1, 0.15) is 0 Å². The highest BCUT2D eigenvalue weighted by atomic mass is 16.2. The van der Waals surface area contributed by atoms with Gasteiger partial charge in [0.25, 0.3) is 5.91 Å². The second-order valence-corrected chi connectivity index (χ2v) is 7.98. The van der Waals surface area contributed by atoms with Gasteiger partial charge >= 0.3 is 0 Å². The predicted octanol–water partition coefficient (Wildman–Crippen LogP) is 6.40. The summed E-state index contributed by atoms with van der Waals surface area (Å²) in [7, 11) is 0. The highest BCUT2D eigenvalue weighted by Gasteiger charge is 2.19. The van der Waals surface area contributed by atoms with Crippen molar-refractivity contribution in [2.45, 2.75) is 38.1 Å². The van der Waals surface area contributed by atoms with E-state index in [1.807, 2.05) is 61.5 Å². The molecule has 30 heavy (non-hydrogen) atoms. The van der Waals surface area contributed by atoms with Crippen LogP contribution in [0.15, 0.2) is 85.1 Å². The van der Waals surface area contributed by atoms with E-state index in [-0.39, 0.29) is 17.5 Å². The first-order valence-corrected chi connectivity index (χ1v) is 10.6. The molecule has 1 aliphatic rings. The van der Waals surface area contributed by atoms with Crippen molar-refractivity contribution in [2.75, 3.05) is 0 Å². The fraction of sp³-hybridized carbons (Fsp3) is 0.222. The van der Waals surface area contributed by atoms with Gasteiger partial charge in [0.2, 0.25) is 0 Å². The first kappa shape index (κ1) is 20.0. The number of hydrogen-bond donors (Lipinski definition) is 2. The SMILES string of the molecule is C[C@@H](NC(=O)C(=CO)c1ccc(-c2ccc(C3CCC3)cc2)cc1)c1ccccc1. The standard InChI is InChI=1S/C27H27NO2/c1-19(20-6-3-2-4-7-20)28-27(30)26(18-29)25-16-14-24(15-17-25)23-12-10-22(11-13-23)21-8-5-9-21/h2-4,6-7,10-19,21,29H,5,8-9H2,1H3,(H,28,30)/t19-/m1/s1. The number of aliphatic hydroxyl groups is 1. The second kappa shape index (κ2) is 9.00. The van der Waals surface area contributed by atoms with Crippen molar-refractivity contribution in [3.8, 4) is 11.1 Å². The van der Waals surface area contributed by atoms with E-state index in [9.17, 15) is 9.90 Å². The highest BCUT2D eigenvalue weighted by Crippen LogP contribution is 2.37. The van der Waals surface area contributed by atoms with Crippen molar-refractivity contribution >= 4 is 11.5 Å². The third-order valence-corrected chi connectivity index (χ3v) is 6.04. The second-order valence-electron chi connectivity index (χ2n) is 7.98. The third kappa shape index (κ3) is 4.30. The predicted molar refractivity (Wildman–Crippen MR) is 122 cm³/mol. The summed E-state index contributed by atoms with van der Waals surface area (Å²) in [5.74, 6) is 0.432. The third-order valence-electron chi connectivity index (χ3n) is 6.04. The Labute approximate surface area is 178 Å². The van der Waals surface area contributed by atoms with Gasteiger partial charge in [0, 0.05) is 0 Å². The fourth-order valence-electron chi connectivity index (χ4n) is 3.90. The van der Waals surface area contributed by atoms with Crippen LogP contribution < -0.4 is 5.32 Å². The van der Waals surface area contributed by atoms with Crippen LogP contribution in [-0.4, -0.2) is 11.0 Å². The Kier molecular flexibility index (Phi) is 5.99. The number of rotatable bonds is 6. The average molecular weight is 398 g/mol. The summed E-state index contributed by atoms with van der Waals surface area (Å²) in [6.45, 7) is 1.93. The van der Waals surface area contributed by atoms with E-state index in [0.717, 1.165) is 28.9 Å². The first-order chi connectivity index (χ1) is 14.7. The summed E-state index contributed by atoms with van der Waals surface area (Å²) in [5, 5.41) is 12.7. The lowest BCUT2D eigenvalue weighted by atomic mass is 9.80. The maximum absolute atomic E-state index is 12.7. The topological polar surface area (TPSA) is 49.3 Å². The van der Waals surface area contributed by atoms with Crippen molar-refractivity contribution in [3.05, 3.63) is 102 Å². The Bertz CT molecular complexity index is 1020. The molecule has 0 spiro atoms. The van der Waals surface area contributed by atoms with Gasteiger partial charge in [-0.1, -0.05) is 85.3 Å². The average Bonchev–Trinajstić information content (AvgIpc) is 2.75. The van der Waals surface area contributed by atoms with E-state index < -0.39 is 0 Å². The number of nitrogens with one attached hydrogen (secondary N) is 1. The lowest BCUT2D eigenvalue weighted by molar-refractivity contribution is -0.116. The molecule has 4 rings (SSSR count). The maximum Gasteiger partial charge on any atom is 0.255 e. The molecule has 3 heteroatoms. The zero-order valence-corrected chi connectivity index (χ0v) is 17.2. The Morgan fingerprint density at radius 2 is 1.53 bits per heavy atom. The van der Waals surface area contributed by atoms with Crippen molar-refractivity contribution in [1.29, 1.82) is 0 Å². The van der Waals surface area contributed by atoms with E-state index in [4.69, 9.17) is 0 Å². The number of aliphatic hydroxyl groups excluding tert-OH is 1. The number of carbonyl (C=O) groups excluding carboxylic acids is 1. The van der Waals surface area contributed by atoms with Gasteiger partial charge in [-0.15, -0.1) is 0 Å². The van der Waals surface area contributed by atoms with Crippen LogP contribution in [0.2, 0.25) is 0 Å². The molecular weight excluding hydrogens is 370 g/mol. The molecule has 1 atom stereocenters. The molecule has 0 aromatic heterocycles. The minimum Gasteiger partial charge on any atom is -0.515 e. The van der Waals surface area contributed by atoms with Crippen LogP contribution in [0.5, 0.6) is 0 Å². The zero-order chi connectivity index (χ0) is 20.9. The summed E-state index contributed by atoms with van der Waals surface area (Å²) in [5.41, 5.74) is 5.63. The van der Waals surface area contributed by atoms with E-state index >= 15 is 0 Å². The molecule has 3 aromatic carbocycles. The van der Waals surface area contributed by atoms with Crippen molar-refractivity contribution in [3.63, 3.8) is 0 Å². The minimum atomic E-state index is -0.300. The Morgan fingerprint density at radius 3 is 2.07 bits per heavy atom. The van der Waals surface area contributed by atoms with E-state index in [1.54, 1.807) is 0 Å². The molecule has 0 unspecified atom stereocenters. The lowest BCUT2D eigenvalue weighted by Gasteiger charge is -2.25. The molecule has 0 heterocycles. The number of amides is 1. The van der Waals surface area contributed by atoms with E-state index in [0.29, 0.717) is 5.56 Å². The van der Waals surface area contributed by atoms with Crippen molar-refractivity contribution in [1.82, 2.24) is 5.32 Å². The largest absolute Gasteiger partial charge is 0.515 e. The zero-order valence-electron chi connectivity index (χ0n) is 17.2. The van der Waals surface area contributed by atoms with Crippen LogP contribution in [0.25, 0.3) is 16.7 Å². The van der Waals surface area contributed by atoms with E-state index in [1.165, 1.54) is 24.8 Å². The van der Waals surface area contributed by atoms with E-state index in [2.05, 4.69) is 29.6 Å². The Morgan fingerprint density at radius 1 is 0.933 bits per heavy atom. The van der Waals surface area contributed by atoms with Crippen LogP contribution in [0.1, 0.15) is 54.8 Å². The molecule has 152 valence electrons. The number of benzene rings is 3. The maximum atomic E-state index is 12.7. The molecule has 0 saturated heterocycles. The van der Waals surface area contributed by atoms with Crippen LogP contribution >= 0.6 is 0 Å². The van der Waals surface area contributed by atoms with Gasteiger partial charge in [-0.3, -0.25) is 4.79 Å². The molecule has 1 fully saturated rings. The summed E-state index contributed by atoms with van der Waals surface area (Å²) >= 11 is 0. The molecule has 3 aromatic rings. The lowest BCUT2D eigenvalue weighted by Crippen LogP contribution is -2.27. The normalized spacial score (nSPS) is 15.3. The van der Waals surface area contributed by atoms with Crippen LogP contribution in [0.3, 0.4) is 0 Å². The summed E-state index contributed by atoms with van der Waals surface area (Å²) in [6, 6.07) is 26.1. The molecule has 2 N–H and O–H groups in total. The van der Waals surface area contributed by atoms with Gasteiger partial charge in [0.05, 0.1) is 17.9 Å². The van der Waals surface area contributed by atoms with Crippen LogP contribution in [0.4, 0.5) is 0 Å². The molecular formula is C27H27NO2. The monoisotopic (exact) mass is 397 g/mol. The van der Waals surface area contributed by atoms with Gasteiger partial charge in [-0.2, -0.15) is 0 Å². The molecule has 1 amide bonds. The number of hydrogen-bond acceptors (Lipinski definition) is 2. The quantitative estimate of drug-likeness (QED) is 0.374. The smallest absolute Gasteiger partial charge is 0.255 e. The summed E-state index contributed by atoms with van der Waals surface area (Å²) in [4.78, 5) is 12.7. The van der Waals surface area contributed by atoms with Gasteiger partial charge in [0.15, 0.2) is 0 Å². The van der Waals surface area contributed by atoms with Crippen molar-refractivity contribution < 1.29 is 9.90 Å². The van der Waals surface area contributed by atoms with Crippen LogP contribution in [0, 0.1) is 0 Å². The van der Waals surface area contributed by atoms with Gasteiger partial charge in [-0.05, 0) is 53.5 Å². The van der Waals surface area contributed by atoms with Gasteiger partial charge in [-0.25, -0.2) is 0 Å². The van der Waals surface area contributed by atoms with Gasteiger partial charge < -0.3 is 10.4 Å². The number of carbonyl (C=O) groups is 1. The highest BCUT2D eigenvalue weighted by molar-refractivity contribution is 6.19. The summed E-state index contributed by atoms with van der Waals surface area (Å²) < 4.78 is 0. The molecule has 1 aliphatic carbocycles. The Hall–Kier alpha value is -3.33. The first-order valence-electron chi connectivity index (χ1n) is 10.6. The molecule has 3 nitrogen and oxygen atoms in total. The molecule has 0 radical (unpaired) electrons. The summed E-state index contributed by atoms with van der Waals surface area (Å²) in [6.07, 6.45) is 4.83. The van der Waals surface area contributed by atoms with Crippen LogP contribution in [-0.2, 0) is 4.79 Å².